The molecule has 1 aliphatic rings. The van der Waals surface area contributed by atoms with E-state index >= 15 is 0 Å². The van der Waals surface area contributed by atoms with E-state index in [9.17, 15) is 4.79 Å². The minimum Gasteiger partial charge on any atom is -0.382 e. The number of nitrogens with zero attached hydrogens (tertiary/aromatic N) is 3. The van der Waals surface area contributed by atoms with Gasteiger partial charge in [-0.25, -0.2) is 4.98 Å². The van der Waals surface area contributed by atoms with E-state index in [0.717, 1.165) is 24.6 Å². The lowest BCUT2D eigenvalue weighted by Crippen LogP contribution is -2.37. The van der Waals surface area contributed by atoms with E-state index in [1.165, 1.54) is 11.3 Å². The smallest absolute Gasteiger partial charge is 0.267 e. The van der Waals surface area contributed by atoms with Crippen LogP contribution in [0.1, 0.15) is 29.4 Å². The molecule has 20 heavy (non-hydrogen) atoms. The maximum absolute atomic E-state index is 12.6. The first-order chi connectivity index (χ1) is 9.52. The molecule has 2 N–H and O–H groups in total. The molecule has 1 amide bonds. The normalized spacial score (nSPS) is 18.2. The van der Waals surface area contributed by atoms with Gasteiger partial charge in [-0.05, 0) is 19.8 Å². The molecule has 1 aromatic rings. The van der Waals surface area contributed by atoms with Crippen molar-refractivity contribution in [2.75, 3.05) is 44.4 Å². The van der Waals surface area contributed by atoms with Gasteiger partial charge in [0.2, 0.25) is 0 Å². The van der Waals surface area contributed by atoms with Crippen LogP contribution in [0.3, 0.4) is 0 Å². The van der Waals surface area contributed by atoms with Crippen molar-refractivity contribution in [2.24, 2.45) is 0 Å². The Hall–Kier alpha value is -1.34. The second kappa shape index (κ2) is 6.41. The van der Waals surface area contributed by atoms with Crippen LogP contribution in [0.25, 0.3) is 0 Å². The number of ether oxygens (including phenoxy) is 1. The van der Waals surface area contributed by atoms with Crippen molar-refractivity contribution in [3.63, 3.8) is 0 Å². The van der Waals surface area contributed by atoms with E-state index in [1.807, 2.05) is 25.9 Å². The van der Waals surface area contributed by atoms with Gasteiger partial charge in [0, 0.05) is 33.8 Å². The lowest BCUT2D eigenvalue weighted by molar-refractivity contribution is 0.0543. The minimum atomic E-state index is -0.0499. The van der Waals surface area contributed by atoms with Crippen LogP contribution in [0.4, 0.5) is 10.9 Å². The first-order valence-electron chi connectivity index (χ1n) is 6.87. The Morgan fingerprint density at radius 2 is 2.30 bits per heavy atom. The van der Waals surface area contributed by atoms with Crippen LogP contribution in [-0.2, 0) is 4.74 Å². The summed E-state index contributed by atoms with van der Waals surface area (Å²) in [6, 6.07) is 0. The SMILES string of the molecule is CCN(CC1CCCO1)C(=O)c1sc(N(C)C)nc1N. The number of likely N-dealkylation sites (N-methyl/N-ethyl adjacent to an activating group) is 1. The van der Waals surface area contributed by atoms with E-state index in [0.29, 0.717) is 23.8 Å². The highest BCUT2D eigenvalue weighted by molar-refractivity contribution is 7.18. The standard InChI is InChI=1S/C13H22N4O2S/c1-4-17(8-9-6-5-7-19-9)12(18)10-11(14)15-13(20-10)16(2)3/h9H,4-8,14H2,1-3H3. The molecule has 0 radical (unpaired) electrons. The van der Waals surface area contributed by atoms with Gasteiger partial charge in [0.25, 0.3) is 5.91 Å². The van der Waals surface area contributed by atoms with Gasteiger partial charge >= 0.3 is 0 Å². The predicted molar refractivity (Wildman–Crippen MR) is 81.4 cm³/mol. The Kier molecular flexibility index (Phi) is 4.82. The quantitative estimate of drug-likeness (QED) is 0.890. The summed E-state index contributed by atoms with van der Waals surface area (Å²) in [6.45, 7) is 4.04. The van der Waals surface area contributed by atoms with Crippen molar-refractivity contribution in [2.45, 2.75) is 25.9 Å². The molecule has 6 nitrogen and oxygen atoms in total. The van der Waals surface area contributed by atoms with Crippen molar-refractivity contribution in [3.8, 4) is 0 Å². The van der Waals surface area contributed by atoms with Gasteiger partial charge in [-0.3, -0.25) is 4.79 Å². The monoisotopic (exact) mass is 298 g/mol. The van der Waals surface area contributed by atoms with E-state index in [2.05, 4.69) is 4.98 Å². The Bertz CT molecular complexity index is 469. The molecule has 1 aromatic heterocycles. The highest BCUT2D eigenvalue weighted by Crippen LogP contribution is 2.28. The molecule has 1 saturated heterocycles. The maximum atomic E-state index is 12.6. The van der Waals surface area contributed by atoms with E-state index in [1.54, 1.807) is 4.90 Å². The second-order valence-corrected chi connectivity index (χ2v) is 6.06. The number of nitrogen functional groups attached to an aromatic ring is 1. The molecule has 0 spiro atoms. The number of amides is 1. The number of aromatic nitrogens is 1. The predicted octanol–water partition coefficient (Wildman–Crippen LogP) is 1.43. The summed E-state index contributed by atoms with van der Waals surface area (Å²) in [5.74, 6) is 0.264. The van der Waals surface area contributed by atoms with Crippen molar-refractivity contribution in [3.05, 3.63) is 4.88 Å². The van der Waals surface area contributed by atoms with E-state index in [4.69, 9.17) is 10.5 Å². The number of carbonyl (C=O) groups excluding carboxylic acids is 1. The fraction of sp³-hybridized carbons (Fsp3) is 0.692. The number of carbonyl (C=O) groups is 1. The zero-order chi connectivity index (χ0) is 14.7. The third kappa shape index (κ3) is 3.21. The summed E-state index contributed by atoms with van der Waals surface area (Å²) < 4.78 is 5.60. The number of nitrogens with two attached hydrogens (primary N) is 1. The largest absolute Gasteiger partial charge is 0.382 e. The summed E-state index contributed by atoms with van der Waals surface area (Å²) in [6.07, 6.45) is 2.25. The molecule has 2 rings (SSSR count). The van der Waals surface area contributed by atoms with Crippen LogP contribution in [-0.4, -0.2) is 55.7 Å². The van der Waals surface area contributed by atoms with Crippen molar-refractivity contribution < 1.29 is 9.53 Å². The summed E-state index contributed by atoms with van der Waals surface area (Å²) in [5.41, 5.74) is 5.87. The first kappa shape index (κ1) is 15.1. The van der Waals surface area contributed by atoms with Gasteiger partial charge in [0.1, 0.15) is 10.7 Å². The van der Waals surface area contributed by atoms with Gasteiger partial charge in [-0.2, -0.15) is 0 Å². The van der Waals surface area contributed by atoms with Crippen molar-refractivity contribution in [1.29, 1.82) is 0 Å². The molecule has 0 saturated carbocycles. The summed E-state index contributed by atoms with van der Waals surface area (Å²) in [5, 5.41) is 0.749. The van der Waals surface area contributed by atoms with Gasteiger partial charge < -0.3 is 20.3 Å². The number of anilines is 2. The number of hydrogen-bond acceptors (Lipinski definition) is 6. The number of rotatable bonds is 5. The lowest BCUT2D eigenvalue weighted by Gasteiger charge is -2.23. The van der Waals surface area contributed by atoms with E-state index in [-0.39, 0.29) is 12.0 Å². The molecule has 0 bridgehead atoms. The maximum Gasteiger partial charge on any atom is 0.267 e. The third-order valence-electron chi connectivity index (χ3n) is 3.34. The Morgan fingerprint density at radius 1 is 1.55 bits per heavy atom. The summed E-state index contributed by atoms with van der Waals surface area (Å²) >= 11 is 1.34. The molecule has 7 heteroatoms. The topological polar surface area (TPSA) is 71.7 Å². The number of thiazole rings is 1. The zero-order valence-electron chi connectivity index (χ0n) is 12.3. The summed E-state index contributed by atoms with van der Waals surface area (Å²) in [7, 11) is 3.77. The molecule has 1 aliphatic heterocycles. The fourth-order valence-electron chi connectivity index (χ4n) is 2.20. The molecule has 0 aromatic carbocycles. The van der Waals surface area contributed by atoms with Gasteiger partial charge in [0.15, 0.2) is 5.13 Å². The van der Waals surface area contributed by atoms with Crippen LogP contribution in [0, 0.1) is 0 Å². The molecule has 112 valence electrons. The second-order valence-electron chi connectivity index (χ2n) is 5.08. The highest BCUT2D eigenvalue weighted by atomic mass is 32.1. The van der Waals surface area contributed by atoms with Gasteiger partial charge in [-0.1, -0.05) is 11.3 Å². The molecule has 0 aliphatic carbocycles. The molecule has 1 fully saturated rings. The van der Waals surface area contributed by atoms with Crippen molar-refractivity contribution in [1.82, 2.24) is 9.88 Å². The lowest BCUT2D eigenvalue weighted by atomic mass is 10.2. The average molecular weight is 298 g/mol. The Morgan fingerprint density at radius 3 is 2.80 bits per heavy atom. The van der Waals surface area contributed by atoms with Crippen LogP contribution in [0.5, 0.6) is 0 Å². The van der Waals surface area contributed by atoms with Crippen LogP contribution < -0.4 is 10.6 Å². The fourth-order valence-corrected chi connectivity index (χ4v) is 3.07. The van der Waals surface area contributed by atoms with Gasteiger partial charge in [0.05, 0.1) is 6.10 Å². The Balaban J connectivity index is 2.11. The Labute approximate surface area is 123 Å². The average Bonchev–Trinajstić information content (AvgIpc) is 3.04. The highest BCUT2D eigenvalue weighted by Gasteiger charge is 2.25. The minimum absolute atomic E-state index is 0.0499. The van der Waals surface area contributed by atoms with Crippen LogP contribution >= 0.6 is 11.3 Å². The van der Waals surface area contributed by atoms with Crippen molar-refractivity contribution >= 4 is 28.2 Å². The van der Waals surface area contributed by atoms with Gasteiger partial charge in [-0.15, -0.1) is 0 Å². The van der Waals surface area contributed by atoms with Crippen LogP contribution in [0.2, 0.25) is 0 Å². The van der Waals surface area contributed by atoms with E-state index < -0.39 is 0 Å². The molecule has 2 heterocycles. The molecule has 1 unspecified atom stereocenters. The third-order valence-corrected chi connectivity index (χ3v) is 4.56. The first-order valence-corrected chi connectivity index (χ1v) is 7.69. The summed E-state index contributed by atoms with van der Waals surface area (Å²) in [4.78, 5) is 21.0. The molecular weight excluding hydrogens is 276 g/mol. The molecule has 1 atom stereocenters. The number of hydrogen-bond donors (Lipinski definition) is 1. The zero-order valence-corrected chi connectivity index (χ0v) is 13.1. The van der Waals surface area contributed by atoms with Crippen LogP contribution in [0.15, 0.2) is 0 Å². The molecular formula is C13H22N4O2S.